The first-order valence-corrected chi connectivity index (χ1v) is 6.55. The van der Waals surface area contributed by atoms with E-state index in [0.717, 1.165) is 6.07 Å². The predicted molar refractivity (Wildman–Crippen MR) is 66.3 cm³/mol. The molecule has 1 saturated heterocycles. The monoisotopic (exact) mass is 318 g/mol. The van der Waals surface area contributed by atoms with E-state index in [9.17, 15) is 13.6 Å². The van der Waals surface area contributed by atoms with Crippen LogP contribution in [-0.4, -0.2) is 18.5 Å². The summed E-state index contributed by atoms with van der Waals surface area (Å²) in [4.78, 5) is 11.9. The molecule has 0 radical (unpaired) electrons. The molecule has 0 aromatic heterocycles. The summed E-state index contributed by atoms with van der Waals surface area (Å²) in [7, 11) is 0. The van der Waals surface area contributed by atoms with E-state index in [1.165, 1.54) is 6.07 Å². The Bertz CT molecular complexity index is 476. The number of rotatable bonds is 3. The van der Waals surface area contributed by atoms with Gasteiger partial charge in [-0.15, -0.1) is 0 Å². The molecule has 1 aliphatic rings. The van der Waals surface area contributed by atoms with E-state index in [-0.39, 0.29) is 34.3 Å². The van der Waals surface area contributed by atoms with Crippen LogP contribution in [0.15, 0.2) is 16.6 Å². The number of carbonyl (C=O) groups is 1. The number of ketones is 1. The van der Waals surface area contributed by atoms with Crippen molar-refractivity contribution in [1.29, 1.82) is 0 Å². The second-order valence-electron chi connectivity index (χ2n) is 4.54. The molecule has 0 bridgehead atoms. The first kappa shape index (κ1) is 13.6. The van der Waals surface area contributed by atoms with Crippen molar-refractivity contribution in [3.63, 3.8) is 0 Å². The quantitative estimate of drug-likeness (QED) is 0.800. The van der Waals surface area contributed by atoms with Gasteiger partial charge in [-0.3, -0.25) is 4.79 Å². The van der Waals surface area contributed by atoms with Crippen LogP contribution in [0.4, 0.5) is 8.78 Å². The molecule has 0 amide bonds. The summed E-state index contributed by atoms with van der Waals surface area (Å²) in [6.07, 6.45) is 0.435. The predicted octanol–water partition coefficient (Wildman–Crippen LogP) is 3.26. The summed E-state index contributed by atoms with van der Waals surface area (Å²) < 4.78 is 32.7. The zero-order valence-corrected chi connectivity index (χ0v) is 11.5. The second-order valence-corrected chi connectivity index (χ2v) is 5.40. The van der Waals surface area contributed by atoms with Gasteiger partial charge in [0.1, 0.15) is 17.4 Å². The highest BCUT2D eigenvalue weighted by atomic mass is 79.9. The molecular formula is C13H13BrF2O2. The van der Waals surface area contributed by atoms with Crippen LogP contribution in [0.3, 0.4) is 0 Å². The number of Topliss-reactive ketones (excluding diaryl/α,β-unsaturated/α-hetero) is 1. The number of benzene rings is 1. The summed E-state index contributed by atoms with van der Waals surface area (Å²) in [5, 5.41) is 0. The van der Waals surface area contributed by atoms with Crippen LogP contribution >= 0.6 is 15.9 Å². The Morgan fingerprint density at radius 3 is 2.83 bits per heavy atom. The fourth-order valence-electron chi connectivity index (χ4n) is 2.09. The summed E-state index contributed by atoms with van der Waals surface area (Å²) in [5.74, 6) is -1.81. The molecule has 2 unspecified atom stereocenters. The Morgan fingerprint density at radius 1 is 1.50 bits per heavy atom. The van der Waals surface area contributed by atoms with Gasteiger partial charge in [0.25, 0.3) is 0 Å². The molecule has 1 aromatic rings. The highest BCUT2D eigenvalue weighted by Gasteiger charge is 2.29. The van der Waals surface area contributed by atoms with Crippen molar-refractivity contribution in [2.75, 3.05) is 6.61 Å². The maximum Gasteiger partial charge on any atom is 0.143 e. The standard InChI is InChI=1S/C13H13BrF2O2/c1-7-4-8(6-18-7)12(17)5-9-11(15)3-2-10(14)13(9)16/h2-3,7-8H,4-6H2,1H3. The molecule has 2 rings (SSSR count). The third kappa shape index (κ3) is 2.78. The SMILES string of the molecule is CC1CC(C(=O)Cc2c(F)ccc(Br)c2F)CO1. The van der Waals surface area contributed by atoms with Crippen molar-refractivity contribution in [1.82, 2.24) is 0 Å². The lowest BCUT2D eigenvalue weighted by Crippen LogP contribution is -2.18. The van der Waals surface area contributed by atoms with Crippen molar-refractivity contribution in [2.45, 2.75) is 25.9 Å². The van der Waals surface area contributed by atoms with E-state index >= 15 is 0 Å². The molecular weight excluding hydrogens is 306 g/mol. The normalized spacial score (nSPS) is 23.3. The molecule has 5 heteroatoms. The first-order valence-electron chi connectivity index (χ1n) is 5.75. The lowest BCUT2D eigenvalue weighted by atomic mass is 9.95. The largest absolute Gasteiger partial charge is 0.378 e. The maximum absolute atomic E-state index is 13.7. The van der Waals surface area contributed by atoms with Crippen molar-refractivity contribution in [3.05, 3.63) is 33.8 Å². The van der Waals surface area contributed by atoms with Crippen molar-refractivity contribution in [2.24, 2.45) is 5.92 Å². The average Bonchev–Trinajstić information content (AvgIpc) is 2.76. The highest BCUT2D eigenvalue weighted by Crippen LogP contribution is 2.25. The van der Waals surface area contributed by atoms with Crippen LogP contribution in [0.5, 0.6) is 0 Å². The molecule has 18 heavy (non-hydrogen) atoms. The smallest absolute Gasteiger partial charge is 0.143 e. The van der Waals surface area contributed by atoms with E-state index < -0.39 is 11.6 Å². The summed E-state index contributed by atoms with van der Waals surface area (Å²) in [6, 6.07) is 2.45. The number of hydrogen-bond donors (Lipinski definition) is 0. The number of ether oxygens (including phenoxy) is 1. The molecule has 98 valence electrons. The van der Waals surface area contributed by atoms with Crippen LogP contribution in [0, 0.1) is 17.6 Å². The van der Waals surface area contributed by atoms with Crippen LogP contribution < -0.4 is 0 Å². The van der Waals surface area contributed by atoms with Gasteiger partial charge in [0.15, 0.2) is 0 Å². The van der Waals surface area contributed by atoms with Gasteiger partial charge >= 0.3 is 0 Å². The number of hydrogen-bond acceptors (Lipinski definition) is 2. The maximum atomic E-state index is 13.7. The molecule has 1 aliphatic heterocycles. The Hall–Kier alpha value is -0.810. The fourth-order valence-corrected chi connectivity index (χ4v) is 2.46. The molecule has 2 nitrogen and oxygen atoms in total. The molecule has 0 saturated carbocycles. The topological polar surface area (TPSA) is 26.3 Å². The third-order valence-corrected chi connectivity index (χ3v) is 3.76. The lowest BCUT2D eigenvalue weighted by molar-refractivity contribution is -0.122. The molecule has 0 aliphatic carbocycles. The van der Waals surface area contributed by atoms with Crippen molar-refractivity contribution >= 4 is 21.7 Å². The number of carbonyl (C=O) groups excluding carboxylic acids is 1. The van der Waals surface area contributed by atoms with Gasteiger partial charge in [0.05, 0.1) is 17.2 Å². The molecule has 1 aromatic carbocycles. The van der Waals surface area contributed by atoms with Crippen LogP contribution in [0.25, 0.3) is 0 Å². The fraction of sp³-hybridized carbons (Fsp3) is 0.462. The highest BCUT2D eigenvalue weighted by molar-refractivity contribution is 9.10. The molecule has 0 N–H and O–H groups in total. The Morgan fingerprint density at radius 2 is 2.22 bits per heavy atom. The minimum absolute atomic E-state index is 0.0381. The van der Waals surface area contributed by atoms with Gasteiger partial charge in [0.2, 0.25) is 0 Å². The van der Waals surface area contributed by atoms with Gasteiger partial charge in [-0.1, -0.05) is 0 Å². The second kappa shape index (κ2) is 5.45. The molecule has 2 atom stereocenters. The lowest BCUT2D eigenvalue weighted by Gasteiger charge is -2.09. The van der Waals surface area contributed by atoms with E-state index in [2.05, 4.69) is 15.9 Å². The van der Waals surface area contributed by atoms with Crippen molar-refractivity contribution < 1.29 is 18.3 Å². The molecule has 1 fully saturated rings. The number of halogens is 3. The minimum atomic E-state index is -0.699. The first-order chi connectivity index (χ1) is 8.49. The van der Waals surface area contributed by atoms with Crippen LogP contribution in [-0.2, 0) is 16.0 Å². The zero-order valence-electron chi connectivity index (χ0n) is 9.88. The van der Waals surface area contributed by atoms with Crippen LogP contribution in [0.1, 0.15) is 18.9 Å². The Balaban J connectivity index is 2.14. The van der Waals surface area contributed by atoms with E-state index in [1.807, 2.05) is 6.92 Å². The van der Waals surface area contributed by atoms with Gasteiger partial charge in [0, 0.05) is 17.9 Å². The Kier molecular flexibility index (Phi) is 4.12. The van der Waals surface area contributed by atoms with Crippen LogP contribution in [0.2, 0.25) is 0 Å². The van der Waals surface area contributed by atoms with E-state index in [1.54, 1.807) is 0 Å². The summed E-state index contributed by atoms with van der Waals surface area (Å²) in [5.41, 5.74) is -0.172. The molecule has 1 heterocycles. The van der Waals surface area contributed by atoms with E-state index in [0.29, 0.717) is 13.0 Å². The van der Waals surface area contributed by atoms with Gasteiger partial charge < -0.3 is 4.74 Å². The average molecular weight is 319 g/mol. The van der Waals surface area contributed by atoms with Crippen molar-refractivity contribution in [3.8, 4) is 0 Å². The third-order valence-electron chi connectivity index (χ3n) is 3.14. The summed E-state index contributed by atoms with van der Waals surface area (Å²) >= 11 is 2.99. The van der Waals surface area contributed by atoms with Gasteiger partial charge in [-0.2, -0.15) is 0 Å². The summed E-state index contributed by atoms with van der Waals surface area (Å²) in [6.45, 7) is 2.23. The van der Waals surface area contributed by atoms with Gasteiger partial charge in [-0.25, -0.2) is 8.78 Å². The Labute approximate surface area is 112 Å². The zero-order chi connectivity index (χ0) is 13.3. The van der Waals surface area contributed by atoms with Gasteiger partial charge in [-0.05, 0) is 41.4 Å². The van der Waals surface area contributed by atoms with E-state index in [4.69, 9.17) is 4.74 Å². The molecule has 0 spiro atoms. The minimum Gasteiger partial charge on any atom is -0.378 e.